The number of phenolic OH excluding ortho intramolecular Hbond substituents is 1. The molecule has 6 heteroatoms. The Labute approximate surface area is 169 Å². The summed E-state index contributed by atoms with van der Waals surface area (Å²) in [6, 6.07) is 11.1. The molecule has 0 aliphatic carbocycles. The molecule has 0 fully saturated rings. The fraction of sp³-hybridized carbons (Fsp3) is 0.217. The van der Waals surface area contributed by atoms with Gasteiger partial charge < -0.3 is 16.2 Å². The molecule has 1 atom stereocenters. The maximum Gasteiger partial charge on any atom is 0.211 e. The third kappa shape index (κ3) is 3.71. The Bertz CT molecular complexity index is 1050. The number of benzene rings is 2. The number of hydrogen-bond donors (Lipinski definition) is 3. The highest BCUT2D eigenvalue weighted by atomic mass is 19.1. The van der Waals surface area contributed by atoms with Gasteiger partial charge in [-0.25, -0.2) is 4.39 Å². The lowest BCUT2D eigenvalue weighted by atomic mass is 9.89. The zero-order valence-electron chi connectivity index (χ0n) is 16.7. The minimum atomic E-state index is -0.777. The summed E-state index contributed by atoms with van der Waals surface area (Å²) in [6.07, 6.45) is 2.12. The predicted octanol–water partition coefficient (Wildman–Crippen LogP) is 4.51. The van der Waals surface area contributed by atoms with Gasteiger partial charge in [-0.1, -0.05) is 37.3 Å². The number of hydrogen-bond acceptors (Lipinski definition) is 4. The zero-order valence-corrected chi connectivity index (χ0v) is 16.7. The van der Waals surface area contributed by atoms with Crippen molar-refractivity contribution >= 4 is 12.1 Å². The van der Waals surface area contributed by atoms with E-state index in [0.29, 0.717) is 29.8 Å². The van der Waals surface area contributed by atoms with Crippen molar-refractivity contribution in [2.45, 2.75) is 26.7 Å². The average Bonchev–Trinajstić information content (AvgIpc) is 2.74. The van der Waals surface area contributed by atoms with Crippen LogP contribution in [0.25, 0.3) is 22.4 Å². The van der Waals surface area contributed by atoms with Crippen molar-refractivity contribution in [3.8, 4) is 28.1 Å². The molecule has 3 rings (SSSR count). The van der Waals surface area contributed by atoms with Crippen molar-refractivity contribution in [2.24, 2.45) is 5.73 Å². The number of nitrogens with two attached hydrogens (primary N) is 1. The number of carbonyl (C=O) groups excluding carboxylic acids is 1. The fourth-order valence-electron chi connectivity index (χ4n) is 3.45. The SMILES string of the molecule is Cc1cccnc1-c1c(NC=O)c(C)c(F)c(O)c1-c1ccc(C(C)CN)cc1. The first-order valence-electron chi connectivity index (χ1n) is 9.38. The van der Waals surface area contributed by atoms with Crippen LogP contribution in [0.1, 0.15) is 29.5 Å². The van der Waals surface area contributed by atoms with Gasteiger partial charge in [0.2, 0.25) is 6.41 Å². The van der Waals surface area contributed by atoms with Crippen LogP contribution in [0, 0.1) is 19.7 Å². The van der Waals surface area contributed by atoms with E-state index < -0.39 is 11.6 Å². The van der Waals surface area contributed by atoms with Gasteiger partial charge in [0.15, 0.2) is 11.6 Å². The lowest BCUT2D eigenvalue weighted by Gasteiger charge is -2.20. The molecule has 3 aromatic rings. The van der Waals surface area contributed by atoms with E-state index in [4.69, 9.17) is 5.73 Å². The van der Waals surface area contributed by atoms with Gasteiger partial charge in [0, 0.05) is 22.9 Å². The zero-order chi connectivity index (χ0) is 21.1. The average molecular weight is 393 g/mol. The highest BCUT2D eigenvalue weighted by Crippen LogP contribution is 2.47. The number of aryl methyl sites for hydroxylation is 1. The smallest absolute Gasteiger partial charge is 0.211 e. The Kier molecular flexibility index (Phi) is 5.94. The highest BCUT2D eigenvalue weighted by molar-refractivity contribution is 5.99. The monoisotopic (exact) mass is 393 g/mol. The van der Waals surface area contributed by atoms with Crippen molar-refractivity contribution in [3.63, 3.8) is 0 Å². The number of amides is 1. The van der Waals surface area contributed by atoms with Crippen LogP contribution in [0.2, 0.25) is 0 Å². The number of rotatable bonds is 6. The Morgan fingerprint density at radius 1 is 1.21 bits per heavy atom. The van der Waals surface area contributed by atoms with Crippen molar-refractivity contribution < 1.29 is 14.3 Å². The summed E-state index contributed by atoms with van der Waals surface area (Å²) in [7, 11) is 0. The van der Waals surface area contributed by atoms with Crippen LogP contribution >= 0.6 is 0 Å². The molecule has 4 N–H and O–H groups in total. The minimum absolute atomic E-state index is 0.145. The lowest BCUT2D eigenvalue weighted by Crippen LogP contribution is -2.08. The molecule has 1 unspecified atom stereocenters. The molecule has 5 nitrogen and oxygen atoms in total. The van der Waals surface area contributed by atoms with Gasteiger partial charge in [-0.05, 0) is 49.1 Å². The molecule has 29 heavy (non-hydrogen) atoms. The number of nitrogens with zero attached hydrogens (tertiary/aromatic N) is 1. The van der Waals surface area contributed by atoms with E-state index in [9.17, 15) is 14.3 Å². The summed E-state index contributed by atoms with van der Waals surface area (Å²) in [5, 5.41) is 13.3. The van der Waals surface area contributed by atoms with Gasteiger partial charge in [0.25, 0.3) is 0 Å². The standard InChI is InChI=1S/C23H24FN3O2/c1-13-5-4-10-26-21(13)19-18(17-8-6-16(7-9-17)14(2)11-25)23(29)20(24)15(3)22(19)27-12-28/h4-10,12,14,29H,11,25H2,1-3H3,(H,27,28). The molecule has 0 aliphatic heterocycles. The van der Waals surface area contributed by atoms with Gasteiger partial charge in [0.1, 0.15) is 0 Å². The van der Waals surface area contributed by atoms with E-state index >= 15 is 0 Å². The van der Waals surface area contributed by atoms with E-state index in [1.165, 1.54) is 6.92 Å². The van der Waals surface area contributed by atoms with E-state index in [2.05, 4.69) is 10.3 Å². The van der Waals surface area contributed by atoms with Gasteiger partial charge in [-0.3, -0.25) is 9.78 Å². The molecule has 2 aromatic carbocycles. The van der Waals surface area contributed by atoms with Crippen molar-refractivity contribution in [1.82, 2.24) is 4.98 Å². The second-order valence-corrected chi connectivity index (χ2v) is 7.10. The molecule has 0 bridgehead atoms. The molecular formula is C23H24FN3O2. The summed E-state index contributed by atoms with van der Waals surface area (Å²) in [5.74, 6) is -1.07. The summed E-state index contributed by atoms with van der Waals surface area (Å²) >= 11 is 0. The minimum Gasteiger partial charge on any atom is -0.504 e. The number of phenols is 1. The number of aromatic hydroxyl groups is 1. The van der Waals surface area contributed by atoms with Gasteiger partial charge in [-0.15, -0.1) is 0 Å². The molecule has 150 valence electrons. The normalized spacial score (nSPS) is 11.9. The van der Waals surface area contributed by atoms with Crippen LogP contribution in [0.15, 0.2) is 42.6 Å². The molecule has 0 saturated heterocycles. The molecule has 1 amide bonds. The van der Waals surface area contributed by atoms with Gasteiger partial charge in [0.05, 0.1) is 11.4 Å². The topological polar surface area (TPSA) is 88.2 Å². The van der Waals surface area contributed by atoms with Gasteiger partial charge >= 0.3 is 0 Å². The summed E-state index contributed by atoms with van der Waals surface area (Å²) in [4.78, 5) is 15.7. The number of carbonyl (C=O) groups is 1. The van der Waals surface area contributed by atoms with Crippen LogP contribution in [0.4, 0.5) is 10.1 Å². The van der Waals surface area contributed by atoms with Gasteiger partial charge in [-0.2, -0.15) is 0 Å². The van der Waals surface area contributed by atoms with Crippen molar-refractivity contribution in [2.75, 3.05) is 11.9 Å². The van der Waals surface area contributed by atoms with Crippen LogP contribution in [0.3, 0.4) is 0 Å². The number of pyridine rings is 1. The number of nitrogens with one attached hydrogen (secondary N) is 1. The molecule has 0 spiro atoms. The van der Waals surface area contributed by atoms with Crippen molar-refractivity contribution in [1.29, 1.82) is 0 Å². The molecule has 1 heterocycles. The predicted molar refractivity (Wildman–Crippen MR) is 113 cm³/mol. The molecule has 0 radical (unpaired) electrons. The van der Waals surface area contributed by atoms with E-state index in [0.717, 1.165) is 11.1 Å². The third-order valence-electron chi connectivity index (χ3n) is 5.22. The van der Waals surface area contributed by atoms with Crippen LogP contribution < -0.4 is 11.1 Å². The first-order chi connectivity index (χ1) is 13.9. The second-order valence-electron chi connectivity index (χ2n) is 7.10. The first-order valence-corrected chi connectivity index (χ1v) is 9.38. The van der Waals surface area contributed by atoms with E-state index in [1.54, 1.807) is 12.3 Å². The van der Waals surface area contributed by atoms with E-state index in [1.807, 2.05) is 44.2 Å². The fourth-order valence-corrected chi connectivity index (χ4v) is 3.45. The second kappa shape index (κ2) is 8.41. The quantitative estimate of drug-likeness (QED) is 0.425. The summed E-state index contributed by atoms with van der Waals surface area (Å²) < 4.78 is 14.9. The lowest BCUT2D eigenvalue weighted by molar-refractivity contribution is -0.105. The van der Waals surface area contributed by atoms with Crippen LogP contribution in [-0.2, 0) is 4.79 Å². The molecular weight excluding hydrogens is 369 g/mol. The molecule has 0 aliphatic rings. The highest BCUT2D eigenvalue weighted by Gasteiger charge is 2.25. The van der Waals surface area contributed by atoms with Crippen molar-refractivity contribution in [3.05, 3.63) is 65.1 Å². The Morgan fingerprint density at radius 2 is 1.90 bits per heavy atom. The maximum absolute atomic E-state index is 14.9. The van der Waals surface area contributed by atoms with E-state index in [-0.39, 0.29) is 22.7 Å². The number of anilines is 1. The Morgan fingerprint density at radius 3 is 2.48 bits per heavy atom. The number of halogens is 1. The Balaban J connectivity index is 2.36. The summed E-state index contributed by atoms with van der Waals surface area (Å²) in [5.41, 5.74) is 9.99. The first kappa shape index (κ1) is 20.5. The third-order valence-corrected chi connectivity index (χ3v) is 5.22. The van der Waals surface area contributed by atoms with Crippen LogP contribution in [-0.4, -0.2) is 23.0 Å². The summed E-state index contributed by atoms with van der Waals surface area (Å²) in [6.45, 7) is 5.92. The molecule has 1 aromatic heterocycles. The van der Waals surface area contributed by atoms with Crippen LogP contribution in [0.5, 0.6) is 5.75 Å². The Hall–Kier alpha value is -3.25. The largest absolute Gasteiger partial charge is 0.504 e. The number of aromatic nitrogens is 1. The maximum atomic E-state index is 14.9. The molecule has 0 saturated carbocycles.